The molecule has 3 amide bonds. The molecule has 0 spiro atoms. The van der Waals surface area contributed by atoms with Crippen LogP contribution in [0.15, 0.2) is 24.3 Å². The predicted octanol–water partition coefficient (Wildman–Crippen LogP) is 2.18. The van der Waals surface area contributed by atoms with Crippen LogP contribution in [0.25, 0.3) is 0 Å². The van der Waals surface area contributed by atoms with Crippen LogP contribution >= 0.6 is 0 Å². The number of benzene rings is 1. The van der Waals surface area contributed by atoms with Crippen molar-refractivity contribution in [3.8, 4) is 0 Å². The number of rotatable bonds is 3. The number of ether oxygens (including phenoxy) is 2. The third kappa shape index (κ3) is 4.39. The molecule has 7 nitrogen and oxygen atoms in total. The topological polar surface area (TPSA) is 71.1 Å². The minimum Gasteiger partial charge on any atom is -0.367 e. The van der Waals surface area contributed by atoms with Crippen LogP contribution in [-0.2, 0) is 20.4 Å². The summed E-state index contributed by atoms with van der Waals surface area (Å²) in [6, 6.07) is 4.64. The molecule has 1 aromatic carbocycles. The van der Waals surface area contributed by atoms with E-state index in [1.807, 2.05) is 0 Å². The molecule has 10 heteroatoms. The Hall–Kier alpha value is -2.33. The SMILES string of the molecule is CC(OC1CN(C(=O)N2CC[C@@H]3OCC(=O)N[C@@H]3C2)C1)c1ccc(C(F)(F)F)cc1. The van der Waals surface area contributed by atoms with E-state index >= 15 is 0 Å². The molecule has 0 radical (unpaired) electrons. The van der Waals surface area contributed by atoms with Crippen LogP contribution in [0.2, 0.25) is 0 Å². The number of likely N-dealkylation sites (tertiary alicyclic amines) is 2. The van der Waals surface area contributed by atoms with Crippen LogP contribution in [0.4, 0.5) is 18.0 Å². The maximum Gasteiger partial charge on any atom is 0.416 e. The van der Waals surface area contributed by atoms with E-state index in [0.717, 1.165) is 12.1 Å². The Labute approximate surface area is 172 Å². The third-order valence-corrected chi connectivity index (χ3v) is 5.82. The Morgan fingerprint density at radius 1 is 1.20 bits per heavy atom. The molecule has 3 atom stereocenters. The number of urea groups is 1. The van der Waals surface area contributed by atoms with E-state index in [-0.39, 0.29) is 42.9 Å². The molecule has 1 N–H and O–H groups in total. The number of alkyl halides is 3. The van der Waals surface area contributed by atoms with Crippen molar-refractivity contribution in [3.63, 3.8) is 0 Å². The van der Waals surface area contributed by atoms with Gasteiger partial charge in [0.15, 0.2) is 0 Å². The monoisotopic (exact) mass is 427 g/mol. The number of morpholine rings is 1. The lowest BCUT2D eigenvalue weighted by atomic mass is 10.0. The van der Waals surface area contributed by atoms with Crippen molar-refractivity contribution in [2.24, 2.45) is 0 Å². The van der Waals surface area contributed by atoms with E-state index in [2.05, 4.69) is 5.32 Å². The van der Waals surface area contributed by atoms with E-state index in [0.29, 0.717) is 38.2 Å². The fraction of sp³-hybridized carbons (Fsp3) is 0.600. The molecule has 0 bridgehead atoms. The molecule has 3 saturated heterocycles. The van der Waals surface area contributed by atoms with Crippen molar-refractivity contribution in [2.75, 3.05) is 32.8 Å². The van der Waals surface area contributed by atoms with E-state index in [4.69, 9.17) is 9.47 Å². The highest BCUT2D eigenvalue weighted by atomic mass is 19.4. The average Bonchev–Trinajstić information content (AvgIpc) is 2.68. The summed E-state index contributed by atoms with van der Waals surface area (Å²) < 4.78 is 49.4. The average molecular weight is 427 g/mol. The molecule has 1 aromatic rings. The highest BCUT2D eigenvalue weighted by molar-refractivity contribution is 5.79. The molecule has 30 heavy (non-hydrogen) atoms. The first-order valence-electron chi connectivity index (χ1n) is 9.98. The van der Waals surface area contributed by atoms with Crippen LogP contribution in [0.1, 0.15) is 30.6 Å². The fourth-order valence-corrected chi connectivity index (χ4v) is 4.06. The second-order valence-corrected chi connectivity index (χ2v) is 7.97. The number of nitrogens with zero attached hydrogens (tertiary/aromatic N) is 2. The second-order valence-electron chi connectivity index (χ2n) is 7.97. The fourth-order valence-electron chi connectivity index (χ4n) is 4.06. The quantitative estimate of drug-likeness (QED) is 0.803. The van der Waals surface area contributed by atoms with Crippen molar-refractivity contribution in [2.45, 2.75) is 43.9 Å². The first-order valence-corrected chi connectivity index (χ1v) is 9.98. The second kappa shape index (κ2) is 8.07. The van der Waals surface area contributed by atoms with Crippen LogP contribution in [-0.4, -0.2) is 72.8 Å². The molecule has 0 aromatic heterocycles. The van der Waals surface area contributed by atoms with Crippen LogP contribution in [0, 0.1) is 0 Å². The van der Waals surface area contributed by atoms with Gasteiger partial charge in [-0.25, -0.2) is 4.79 Å². The number of nitrogens with one attached hydrogen (secondary N) is 1. The summed E-state index contributed by atoms with van der Waals surface area (Å²) in [7, 11) is 0. The van der Waals surface area contributed by atoms with Crippen LogP contribution in [0.5, 0.6) is 0 Å². The summed E-state index contributed by atoms with van der Waals surface area (Å²) in [5, 5.41) is 2.87. The molecule has 3 aliphatic rings. The zero-order valence-corrected chi connectivity index (χ0v) is 16.5. The Kier molecular flexibility index (Phi) is 5.63. The number of carbonyl (C=O) groups excluding carboxylic acids is 2. The standard InChI is InChI=1S/C20H24F3N3O4/c1-12(13-2-4-14(5-3-13)20(21,22)23)30-15-8-26(9-15)19(28)25-7-6-17-16(10-25)24-18(27)11-29-17/h2-5,12,15-17H,6-11H2,1H3,(H,24,27)/t12?,16-,17+/m1/s1. The number of fused-ring (bicyclic) bond motifs is 1. The van der Waals surface area contributed by atoms with Crippen molar-refractivity contribution in [3.05, 3.63) is 35.4 Å². The van der Waals surface area contributed by atoms with Gasteiger partial charge >= 0.3 is 12.2 Å². The maximum atomic E-state index is 12.7. The lowest BCUT2D eigenvalue weighted by Crippen LogP contribution is -2.65. The minimum atomic E-state index is -4.36. The van der Waals surface area contributed by atoms with Gasteiger partial charge in [0.05, 0.1) is 43.0 Å². The molecule has 0 aliphatic carbocycles. The van der Waals surface area contributed by atoms with Gasteiger partial charge in [-0.1, -0.05) is 12.1 Å². The van der Waals surface area contributed by atoms with E-state index in [9.17, 15) is 22.8 Å². The van der Waals surface area contributed by atoms with Gasteiger partial charge in [-0.3, -0.25) is 4.79 Å². The third-order valence-electron chi connectivity index (χ3n) is 5.82. The highest BCUT2D eigenvalue weighted by Crippen LogP contribution is 2.31. The molecule has 3 heterocycles. The van der Waals surface area contributed by atoms with Gasteiger partial charge in [0.2, 0.25) is 5.91 Å². The molecule has 164 valence electrons. The van der Waals surface area contributed by atoms with E-state index in [1.165, 1.54) is 12.1 Å². The molecule has 3 aliphatic heterocycles. The van der Waals surface area contributed by atoms with Gasteiger partial charge < -0.3 is 24.6 Å². The van der Waals surface area contributed by atoms with Crippen molar-refractivity contribution >= 4 is 11.9 Å². The first kappa shape index (κ1) is 20.9. The van der Waals surface area contributed by atoms with E-state index in [1.54, 1.807) is 16.7 Å². The smallest absolute Gasteiger partial charge is 0.367 e. The zero-order chi connectivity index (χ0) is 21.5. The summed E-state index contributed by atoms with van der Waals surface area (Å²) >= 11 is 0. The number of amides is 3. The molecule has 3 fully saturated rings. The molecule has 1 unspecified atom stereocenters. The van der Waals surface area contributed by atoms with Gasteiger partial charge in [0.1, 0.15) is 6.61 Å². The minimum absolute atomic E-state index is 0.0520. The zero-order valence-electron chi connectivity index (χ0n) is 16.5. The lowest BCUT2D eigenvalue weighted by Gasteiger charge is -2.46. The highest BCUT2D eigenvalue weighted by Gasteiger charge is 2.40. The molecule has 0 saturated carbocycles. The van der Waals surface area contributed by atoms with Crippen LogP contribution in [0.3, 0.4) is 0 Å². The predicted molar refractivity (Wildman–Crippen MR) is 99.6 cm³/mol. The summed E-state index contributed by atoms with van der Waals surface area (Å²) in [4.78, 5) is 27.6. The normalized spacial score (nSPS) is 25.9. The summed E-state index contributed by atoms with van der Waals surface area (Å²) in [6.07, 6.45) is -4.28. The molecular weight excluding hydrogens is 403 g/mol. The molecule has 4 rings (SSSR count). The summed E-state index contributed by atoms with van der Waals surface area (Å²) in [5.74, 6) is -0.166. The summed E-state index contributed by atoms with van der Waals surface area (Å²) in [6.45, 7) is 3.69. The van der Waals surface area contributed by atoms with Crippen molar-refractivity contribution < 1.29 is 32.2 Å². The molecular formula is C20H24F3N3O4. The van der Waals surface area contributed by atoms with E-state index < -0.39 is 11.7 Å². The number of hydrogen-bond acceptors (Lipinski definition) is 4. The lowest BCUT2D eigenvalue weighted by molar-refractivity contribution is -0.140. The Balaban J connectivity index is 1.24. The Morgan fingerprint density at radius 2 is 1.90 bits per heavy atom. The first-order chi connectivity index (χ1) is 14.2. The van der Waals surface area contributed by atoms with Crippen molar-refractivity contribution in [1.82, 2.24) is 15.1 Å². The largest absolute Gasteiger partial charge is 0.416 e. The Morgan fingerprint density at radius 3 is 2.57 bits per heavy atom. The number of hydrogen-bond donors (Lipinski definition) is 1. The Bertz CT molecular complexity index is 795. The number of halogens is 3. The van der Waals surface area contributed by atoms with Gasteiger partial charge in [-0.05, 0) is 31.0 Å². The summed E-state index contributed by atoms with van der Waals surface area (Å²) in [5.41, 5.74) is -0.0370. The maximum absolute atomic E-state index is 12.7. The van der Waals surface area contributed by atoms with Gasteiger partial charge in [-0.2, -0.15) is 13.2 Å². The number of carbonyl (C=O) groups is 2. The number of piperidine rings is 1. The van der Waals surface area contributed by atoms with Gasteiger partial charge in [0, 0.05) is 13.1 Å². The van der Waals surface area contributed by atoms with Crippen molar-refractivity contribution in [1.29, 1.82) is 0 Å². The van der Waals surface area contributed by atoms with Gasteiger partial charge in [0.25, 0.3) is 0 Å². The van der Waals surface area contributed by atoms with Gasteiger partial charge in [-0.15, -0.1) is 0 Å². The van der Waals surface area contributed by atoms with Crippen LogP contribution < -0.4 is 5.32 Å².